The third-order valence-electron chi connectivity index (χ3n) is 3.18. The summed E-state index contributed by atoms with van der Waals surface area (Å²) < 4.78 is 1.36. The number of rotatable bonds is 5. The van der Waals surface area contributed by atoms with E-state index in [0.29, 0.717) is 6.54 Å². The minimum atomic E-state index is -0.614. The topological polar surface area (TPSA) is 105 Å². The van der Waals surface area contributed by atoms with Crippen LogP contribution < -0.4 is 10.6 Å². The molecule has 1 aliphatic rings. The van der Waals surface area contributed by atoms with Crippen LogP contribution in [-0.2, 0) is 7.05 Å². The van der Waals surface area contributed by atoms with Gasteiger partial charge in [-0.1, -0.05) is 0 Å². The van der Waals surface area contributed by atoms with Crippen molar-refractivity contribution >= 4 is 11.7 Å². The van der Waals surface area contributed by atoms with Crippen LogP contribution in [0, 0.1) is 10.1 Å². The molecule has 1 aromatic heterocycles. The highest BCUT2D eigenvalue weighted by molar-refractivity contribution is 5.91. The Hall–Kier alpha value is -2.00. The Morgan fingerprint density at radius 1 is 1.55 bits per heavy atom. The van der Waals surface area contributed by atoms with Crippen LogP contribution in [0.5, 0.6) is 0 Å². The number of aromatic nitrogens is 2. The monoisotopic (exact) mass is 282 g/mol. The smallest absolute Gasteiger partial charge is 0.358 e. The fourth-order valence-electron chi connectivity index (χ4n) is 2.09. The molecule has 9 nitrogen and oxygen atoms in total. The zero-order chi connectivity index (χ0) is 14.5. The maximum absolute atomic E-state index is 11.9. The highest BCUT2D eigenvalue weighted by Crippen LogP contribution is 2.09. The molecule has 110 valence electrons. The average molecular weight is 282 g/mol. The maximum atomic E-state index is 11.9. The predicted octanol–water partition coefficient (Wildman–Crippen LogP) is -1.04. The van der Waals surface area contributed by atoms with Crippen molar-refractivity contribution < 1.29 is 9.72 Å². The summed E-state index contributed by atoms with van der Waals surface area (Å²) in [6.45, 7) is 5.10. The molecule has 2 rings (SSSR count). The Labute approximate surface area is 116 Å². The molecule has 0 unspecified atom stereocenters. The van der Waals surface area contributed by atoms with Gasteiger partial charge in [-0.2, -0.15) is 0 Å². The van der Waals surface area contributed by atoms with Gasteiger partial charge >= 0.3 is 17.5 Å². The molecule has 0 radical (unpaired) electrons. The van der Waals surface area contributed by atoms with E-state index in [9.17, 15) is 14.9 Å². The minimum Gasteiger partial charge on any atom is -0.358 e. The lowest BCUT2D eigenvalue weighted by Crippen LogP contribution is -2.46. The zero-order valence-electron chi connectivity index (χ0n) is 11.3. The second-order valence-corrected chi connectivity index (χ2v) is 4.64. The lowest BCUT2D eigenvalue weighted by Gasteiger charge is -2.26. The van der Waals surface area contributed by atoms with Crippen LogP contribution in [0.1, 0.15) is 10.6 Å². The third-order valence-corrected chi connectivity index (χ3v) is 3.18. The van der Waals surface area contributed by atoms with Crippen molar-refractivity contribution in [1.82, 2.24) is 25.1 Å². The summed E-state index contributed by atoms with van der Waals surface area (Å²) >= 11 is 0. The van der Waals surface area contributed by atoms with Crippen molar-refractivity contribution in [2.24, 2.45) is 7.05 Å². The summed E-state index contributed by atoms with van der Waals surface area (Å²) in [5.41, 5.74) is 0. The van der Waals surface area contributed by atoms with E-state index < -0.39 is 10.8 Å². The number of hydrogen-bond donors (Lipinski definition) is 2. The summed E-state index contributed by atoms with van der Waals surface area (Å²) in [5, 5.41) is 16.6. The van der Waals surface area contributed by atoms with E-state index in [1.807, 2.05) is 0 Å². The third kappa shape index (κ3) is 3.52. The van der Waals surface area contributed by atoms with Crippen molar-refractivity contribution in [1.29, 1.82) is 0 Å². The van der Waals surface area contributed by atoms with Crippen LogP contribution in [-0.4, -0.2) is 64.6 Å². The van der Waals surface area contributed by atoms with Crippen molar-refractivity contribution in [2.45, 2.75) is 0 Å². The molecule has 20 heavy (non-hydrogen) atoms. The molecule has 0 bridgehead atoms. The summed E-state index contributed by atoms with van der Waals surface area (Å²) in [5.74, 6) is -0.660. The highest BCUT2D eigenvalue weighted by atomic mass is 16.6. The fourth-order valence-corrected chi connectivity index (χ4v) is 2.09. The van der Waals surface area contributed by atoms with Gasteiger partial charge < -0.3 is 25.3 Å². The van der Waals surface area contributed by atoms with Crippen LogP contribution >= 0.6 is 0 Å². The highest BCUT2D eigenvalue weighted by Gasteiger charge is 2.22. The van der Waals surface area contributed by atoms with E-state index in [4.69, 9.17) is 0 Å². The molecule has 2 N–H and O–H groups in total. The second kappa shape index (κ2) is 6.44. The van der Waals surface area contributed by atoms with Gasteiger partial charge in [-0.05, 0) is 9.91 Å². The van der Waals surface area contributed by atoms with Gasteiger partial charge in [0.25, 0.3) is 0 Å². The van der Waals surface area contributed by atoms with Crippen LogP contribution in [0.25, 0.3) is 0 Å². The molecule has 0 saturated carbocycles. The molecule has 1 aromatic rings. The number of aryl methyl sites for hydroxylation is 1. The van der Waals surface area contributed by atoms with E-state index in [2.05, 4.69) is 20.5 Å². The summed E-state index contributed by atoms with van der Waals surface area (Å²) in [6, 6.07) is 0. The van der Waals surface area contributed by atoms with Crippen molar-refractivity contribution in [2.75, 3.05) is 39.3 Å². The molecule has 0 aromatic carbocycles. The van der Waals surface area contributed by atoms with Gasteiger partial charge in [0, 0.05) is 46.3 Å². The van der Waals surface area contributed by atoms with Gasteiger partial charge in [-0.25, -0.2) is 0 Å². The van der Waals surface area contributed by atoms with E-state index in [0.717, 1.165) is 32.7 Å². The average Bonchev–Trinajstić information content (AvgIpc) is 2.82. The Bertz CT molecular complexity index is 494. The van der Waals surface area contributed by atoms with Gasteiger partial charge in [0.05, 0.1) is 0 Å². The van der Waals surface area contributed by atoms with E-state index in [-0.39, 0.29) is 11.6 Å². The number of piperazine rings is 1. The number of nitrogens with zero attached hydrogens (tertiary/aromatic N) is 4. The van der Waals surface area contributed by atoms with Crippen LogP contribution in [0.3, 0.4) is 0 Å². The number of carbonyl (C=O) groups excluding carboxylic acids is 1. The van der Waals surface area contributed by atoms with E-state index in [1.54, 1.807) is 7.05 Å². The molecule has 1 saturated heterocycles. The number of amides is 1. The summed E-state index contributed by atoms with van der Waals surface area (Å²) in [4.78, 5) is 27.8. The van der Waals surface area contributed by atoms with Gasteiger partial charge in [-0.3, -0.25) is 9.69 Å². The fraction of sp³-hybridized carbons (Fsp3) is 0.636. The van der Waals surface area contributed by atoms with Crippen LogP contribution in [0.4, 0.5) is 5.82 Å². The first-order valence-electron chi connectivity index (χ1n) is 6.47. The van der Waals surface area contributed by atoms with Crippen LogP contribution in [0.15, 0.2) is 6.20 Å². The quantitative estimate of drug-likeness (QED) is 0.528. The first-order valence-corrected chi connectivity index (χ1v) is 6.47. The summed E-state index contributed by atoms with van der Waals surface area (Å²) in [7, 11) is 1.56. The Morgan fingerprint density at radius 2 is 2.25 bits per heavy atom. The largest absolute Gasteiger partial charge is 0.382 e. The van der Waals surface area contributed by atoms with Gasteiger partial charge in [-0.15, -0.1) is 0 Å². The van der Waals surface area contributed by atoms with Crippen molar-refractivity contribution in [3.63, 3.8) is 0 Å². The molecule has 2 heterocycles. The first kappa shape index (κ1) is 14.4. The molecule has 1 fully saturated rings. The molecular formula is C11H18N6O3. The molecular weight excluding hydrogens is 264 g/mol. The predicted molar refractivity (Wildman–Crippen MR) is 71.5 cm³/mol. The Morgan fingerprint density at radius 3 is 2.85 bits per heavy atom. The molecule has 1 amide bonds. The summed E-state index contributed by atoms with van der Waals surface area (Å²) in [6.07, 6.45) is 1.23. The van der Waals surface area contributed by atoms with Crippen LogP contribution in [0.2, 0.25) is 0 Å². The molecule has 9 heteroatoms. The number of imidazole rings is 1. The number of nitro groups is 1. The lowest BCUT2D eigenvalue weighted by atomic mass is 10.3. The normalized spacial score (nSPS) is 16.1. The lowest BCUT2D eigenvalue weighted by molar-refractivity contribution is -0.389. The SMILES string of the molecule is Cn1cc([N+](=O)[O-])nc1C(=O)NCCN1CCNCC1. The second-order valence-electron chi connectivity index (χ2n) is 4.64. The maximum Gasteiger partial charge on any atom is 0.382 e. The first-order chi connectivity index (χ1) is 9.58. The van der Waals surface area contributed by atoms with Crippen molar-refractivity contribution in [3.05, 3.63) is 22.1 Å². The molecule has 0 atom stereocenters. The zero-order valence-corrected chi connectivity index (χ0v) is 11.3. The minimum absolute atomic E-state index is 0.0528. The standard InChI is InChI=1S/C11H18N6O3/c1-15-8-9(17(19)20)14-10(15)11(18)13-4-7-16-5-2-12-3-6-16/h8,12H,2-7H2,1H3,(H,13,18). The van der Waals surface area contributed by atoms with E-state index >= 15 is 0 Å². The van der Waals surface area contributed by atoms with Crippen molar-refractivity contribution in [3.8, 4) is 0 Å². The number of hydrogen-bond acceptors (Lipinski definition) is 6. The molecule has 0 spiro atoms. The Kier molecular flexibility index (Phi) is 4.64. The van der Waals surface area contributed by atoms with Gasteiger partial charge in [0.15, 0.2) is 0 Å². The van der Waals surface area contributed by atoms with Gasteiger partial charge in [0.1, 0.15) is 6.20 Å². The molecule has 1 aliphatic heterocycles. The van der Waals surface area contributed by atoms with E-state index in [1.165, 1.54) is 10.8 Å². The number of nitrogens with one attached hydrogen (secondary N) is 2. The van der Waals surface area contributed by atoms with Gasteiger partial charge in [0.2, 0.25) is 0 Å². The number of carbonyl (C=O) groups is 1. The Balaban J connectivity index is 1.83. The molecule has 0 aliphatic carbocycles.